The number of carbonyl (C=O) groups excluding carboxylic acids is 1. The van der Waals surface area contributed by atoms with Gasteiger partial charge in [-0.05, 0) is 23.8 Å². The van der Waals surface area contributed by atoms with Crippen LogP contribution >= 0.6 is 23.2 Å². The average Bonchev–Trinajstić information content (AvgIpc) is 2.96. The van der Waals surface area contributed by atoms with E-state index >= 15 is 0 Å². The van der Waals surface area contributed by atoms with Crippen LogP contribution in [0.15, 0.2) is 30.3 Å². The van der Waals surface area contributed by atoms with Crippen LogP contribution in [-0.2, 0) is 4.74 Å². The maximum Gasteiger partial charge on any atom is 0.267 e. The van der Waals surface area contributed by atoms with E-state index in [1.807, 2.05) is 0 Å². The van der Waals surface area contributed by atoms with Gasteiger partial charge in [0.15, 0.2) is 0 Å². The van der Waals surface area contributed by atoms with Gasteiger partial charge in [-0.15, -0.1) is 0 Å². The van der Waals surface area contributed by atoms with Crippen LogP contribution in [0.25, 0.3) is 0 Å². The van der Waals surface area contributed by atoms with Gasteiger partial charge in [-0.1, -0.05) is 35.3 Å². The van der Waals surface area contributed by atoms with E-state index in [9.17, 15) is 9.18 Å². The average molecular weight is 386 g/mol. The van der Waals surface area contributed by atoms with Crippen molar-refractivity contribution in [1.29, 1.82) is 0 Å². The van der Waals surface area contributed by atoms with E-state index in [-0.39, 0.29) is 22.9 Å². The number of hydrogen-bond donors (Lipinski definition) is 2. The van der Waals surface area contributed by atoms with Gasteiger partial charge in [-0.25, -0.2) is 4.39 Å². The lowest BCUT2D eigenvalue weighted by Crippen LogP contribution is -2.43. The van der Waals surface area contributed by atoms with E-state index in [1.165, 1.54) is 18.2 Å². The zero-order valence-corrected chi connectivity index (χ0v) is 14.9. The van der Waals surface area contributed by atoms with Crippen molar-refractivity contribution >= 4 is 29.1 Å². The van der Waals surface area contributed by atoms with Crippen LogP contribution < -0.4 is 5.32 Å². The van der Waals surface area contributed by atoms with E-state index in [1.54, 1.807) is 12.1 Å². The number of rotatable bonds is 5. The number of aromatic nitrogens is 1. The van der Waals surface area contributed by atoms with Crippen LogP contribution in [0.2, 0.25) is 10.2 Å². The minimum Gasteiger partial charge on any atom is -0.379 e. The zero-order chi connectivity index (χ0) is 17.8. The Kier molecular flexibility index (Phi) is 5.96. The molecule has 1 fully saturated rings. The molecule has 1 saturated heterocycles. The molecule has 1 aliphatic heterocycles. The van der Waals surface area contributed by atoms with Gasteiger partial charge in [0.2, 0.25) is 0 Å². The molecular weight excluding hydrogens is 368 g/mol. The van der Waals surface area contributed by atoms with Crippen LogP contribution in [0, 0.1) is 5.82 Å². The third-order valence-electron chi connectivity index (χ3n) is 4.17. The standard InChI is InChI=1S/C17H18Cl2FN3O2/c18-13-9-14(22-16(13)19)17(24)21-10-15(23-5-7-25-8-6-23)11-1-3-12(20)4-2-11/h1-4,9,15,22H,5-8,10H2,(H,21,24). The molecule has 3 rings (SSSR count). The van der Waals surface area contributed by atoms with Crippen molar-refractivity contribution in [2.45, 2.75) is 6.04 Å². The van der Waals surface area contributed by atoms with Crippen molar-refractivity contribution in [3.05, 3.63) is 57.6 Å². The lowest BCUT2D eigenvalue weighted by molar-refractivity contribution is 0.0162. The summed E-state index contributed by atoms with van der Waals surface area (Å²) in [5.41, 5.74) is 1.24. The fourth-order valence-electron chi connectivity index (χ4n) is 2.84. The van der Waals surface area contributed by atoms with Crippen LogP contribution in [0.4, 0.5) is 4.39 Å². The molecular formula is C17H18Cl2FN3O2. The van der Waals surface area contributed by atoms with Gasteiger partial charge in [0, 0.05) is 19.6 Å². The second-order valence-electron chi connectivity index (χ2n) is 5.77. The molecule has 1 atom stereocenters. The van der Waals surface area contributed by atoms with Crippen molar-refractivity contribution in [1.82, 2.24) is 15.2 Å². The summed E-state index contributed by atoms with van der Waals surface area (Å²) in [6.45, 7) is 3.13. The van der Waals surface area contributed by atoms with Gasteiger partial charge < -0.3 is 15.0 Å². The molecule has 1 aromatic carbocycles. The van der Waals surface area contributed by atoms with Crippen LogP contribution in [0.3, 0.4) is 0 Å². The summed E-state index contributed by atoms with van der Waals surface area (Å²) < 4.78 is 18.6. The first kappa shape index (κ1) is 18.2. The van der Waals surface area contributed by atoms with E-state index in [2.05, 4.69) is 15.2 Å². The highest BCUT2D eigenvalue weighted by molar-refractivity contribution is 6.41. The molecule has 8 heteroatoms. The zero-order valence-electron chi connectivity index (χ0n) is 13.4. The first-order valence-corrected chi connectivity index (χ1v) is 8.69. The number of carbonyl (C=O) groups is 1. The van der Waals surface area contributed by atoms with Crippen LogP contribution in [0.5, 0.6) is 0 Å². The highest BCUT2D eigenvalue weighted by Gasteiger charge is 2.24. The highest BCUT2D eigenvalue weighted by atomic mass is 35.5. The summed E-state index contributed by atoms with van der Waals surface area (Å²) in [5.74, 6) is -0.585. The number of amides is 1. The Balaban J connectivity index is 1.72. The van der Waals surface area contributed by atoms with Crippen molar-refractivity contribution < 1.29 is 13.9 Å². The molecule has 5 nitrogen and oxygen atoms in total. The molecule has 0 aliphatic carbocycles. The number of nitrogens with one attached hydrogen (secondary N) is 2. The second kappa shape index (κ2) is 8.19. The third-order valence-corrected chi connectivity index (χ3v) is 4.86. The van der Waals surface area contributed by atoms with Gasteiger partial charge in [0.25, 0.3) is 5.91 Å². The topological polar surface area (TPSA) is 57.4 Å². The predicted octanol–water partition coefficient (Wildman–Crippen LogP) is 3.26. The summed E-state index contributed by atoms with van der Waals surface area (Å²) in [4.78, 5) is 17.3. The largest absolute Gasteiger partial charge is 0.379 e. The molecule has 2 aromatic rings. The molecule has 1 amide bonds. The molecule has 1 aromatic heterocycles. The Labute approximate surface area is 155 Å². The number of hydrogen-bond acceptors (Lipinski definition) is 3. The number of ether oxygens (including phenoxy) is 1. The van der Waals surface area contributed by atoms with Crippen LogP contribution in [-0.4, -0.2) is 48.6 Å². The summed E-state index contributed by atoms with van der Waals surface area (Å²) in [5, 5.41) is 3.42. The molecule has 0 radical (unpaired) electrons. The number of nitrogens with zero attached hydrogens (tertiary/aromatic N) is 1. The third kappa shape index (κ3) is 4.52. The summed E-state index contributed by atoms with van der Waals surface area (Å²) >= 11 is 11.7. The minimum absolute atomic E-state index is 0.0747. The first-order chi connectivity index (χ1) is 12.0. The highest BCUT2D eigenvalue weighted by Crippen LogP contribution is 2.23. The number of H-pyrrole nitrogens is 1. The predicted molar refractivity (Wildman–Crippen MR) is 94.7 cm³/mol. The van der Waals surface area contributed by atoms with Gasteiger partial charge in [-0.2, -0.15) is 0 Å². The number of morpholine rings is 1. The monoisotopic (exact) mass is 385 g/mol. The van der Waals surface area contributed by atoms with E-state index in [0.717, 1.165) is 18.7 Å². The number of benzene rings is 1. The smallest absolute Gasteiger partial charge is 0.267 e. The molecule has 0 bridgehead atoms. The summed E-state index contributed by atoms with van der Waals surface area (Å²) in [7, 11) is 0. The molecule has 134 valence electrons. The van der Waals surface area contributed by atoms with Gasteiger partial charge in [0.1, 0.15) is 16.7 Å². The molecule has 0 spiro atoms. The fourth-order valence-corrected chi connectivity index (χ4v) is 3.16. The maximum atomic E-state index is 13.2. The van der Waals surface area contributed by atoms with Gasteiger partial charge >= 0.3 is 0 Å². The Hall–Kier alpha value is -1.60. The SMILES string of the molecule is O=C(NCC(c1ccc(F)cc1)N1CCOCC1)c1cc(Cl)c(Cl)[nH]1. The summed E-state index contributed by atoms with van der Waals surface area (Å²) in [6, 6.07) is 7.74. The summed E-state index contributed by atoms with van der Waals surface area (Å²) in [6.07, 6.45) is 0. The normalized spacial score (nSPS) is 16.6. The molecule has 1 unspecified atom stereocenters. The van der Waals surface area contributed by atoms with Gasteiger partial charge in [-0.3, -0.25) is 9.69 Å². The van der Waals surface area contributed by atoms with Crippen molar-refractivity contribution in [3.63, 3.8) is 0 Å². The fraction of sp³-hybridized carbons (Fsp3) is 0.353. The lowest BCUT2D eigenvalue weighted by Gasteiger charge is -2.34. The van der Waals surface area contributed by atoms with E-state index < -0.39 is 0 Å². The number of halogens is 3. The molecule has 2 heterocycles. The van der Waals surface area contributed by atoms with Gasteiger partial charge in [0.05, 0.1) is 24.3 Å². The van der Waals surface area contributed by atoms with Crippen molar-refractivity contribution in [2.75, 3.05) is 32.8 Å². The van der Waals surface area contributed by atoms with Crippen molar-refractivity contribution in [3.8, 4) is 0 Å². The first-order valence-electron chi connectivity index (χ1n) is 7.94. The second-order valence-corrected chi connectivity index (χ2v) is 6.56. The Morgan fingerprint density at radius 3 is 2.56 bits per heavy atom. The van der Waals surface area contributed by atoms with E-state index in [4.69, 9.17) is 27.9 Å². The lowest BCUT2D eigenvalue weighted by atomic mass is 10.0. The number of aromatic amines is 1. The minimum atomic E-state index is -0.297. The maximum absolute atomic E-state index is 13.2. The van der Waals surface area contributed by atoms with E-state index in [0.29, 0.717) is 30.5 Å². The quantitative estimate of drug-likeness (QED) is 0.830. The Morgan fingerprint density at radius 2 is 1.96 bits per heavy atom. The Bertz CT molecular complexity index is 710. The molecule has 25 heavy (non-hydrogen) atoms. The Morgan fingerprint density at radius 1 is 1.28 bits per heavy atom. The molecule has 0 saturated carbocycles. The molecule has 1 aliphatic rings. The molecule has 2 N–H and O–H groups in total. The van der Waals surface area contributed by atoms with Crippen LogP contribution in [0.1, 0.15) is 22.1 Å². The van der Waals surface area contributed by atoms with Crippen molar-refractivity contribution in [2.24, 2.45) is 0 Å².